The molecule has 1 aromatic carbocycles. The molecule has 3 aromatic rings. The summed E-state index contributed by atoms with van der Waals surface area (Å²) in [5, 5.41) is 16.9. The molecule has 1 aliphatic heterocycles. The molecule has 1 amide bonds. The van der Waals surface area contributed by atoms with Crippen molar-refractivity contribution in [2.24, 2.45) is 0 Å². The van der Waals surface area contributed by atoms with Crippen LogP contribution < -0.4 is 5.32 Å². The predicted octanol–water partition coefficient (Wildman–Crippen LogP) is 2.72. The minimum atomic E-state index is -0.148. The van der Waals surface area contributed by atoms with Gasteiger partial charge in [0.1, 0.15) is 11.5 Å². The number of aromatic amines is 1. The van der Waals surface area contributed by atoms with Gasteiger partial charge in [0.05, 0.1) is 5.69 Å². The van der Waals surface area contributed by atoms with Crippen LogP contribution in [0.1, 0.15) is 28.4 Å². The molecule has 1 fully saturated rings. The van der Waals surface area contributed by atoms with Crippen LogP contribution in [0.5, 0.6) is 0 Å². The van der Waals surface area contributed by atoms with Gasteiger partial charge in [0.2, 0.25) is 0 Å². The highest BCUT2D eigenvalue weighted by Crippen LogP contribution is 2.29. The summed E-state index contributed by atoms with van der Waals surface area (Å²) in [6.07, 6.45) is 2.91. The van der Waals surface area contributed by atoms with Gasteiger partial charge in [0, 0.05) is 35.6 Å². The maximum absolute atomic E-state index is 12.5. The van der Waals surface area contributed by atoms with Crippen molar-refractivity contribution in [1.29, 1.82) is 5.26 Å². The molecular weight excluding hydrogens is 330 g/mol. The first-order valence-electron chi connectivity index (χ1n) is 8.56. The van der Waals surface area contributed by atoms with E-state index in [1.807, 2.05) is 38.1 Å². The van der Waals surface area contributed by atoms with E-state index in [4.69, 9.17) is 9.78 Å². The molecule has 26 heavy (non-hydrogen) atoms. The fourth-order valence-corrected chi connectivity index (χ4v) is 3.53. The second-order valence-corrected chi connectivity index (χ2v) is 6.69. The van der Waals surface area contributed by atoms with Crippen LogP contribution in [0.15, 0.2) is 28.8 Å². The van der Waals surface area contributed by atoms with Crippen molar-refractivity contribution in [3.63, 3.8) is 0 Å². The lowest BCUT2D eigenvalue weighted by Crippen LogP contribution is -2.36. The molecule has 2 N–H and O–H groups in total. The van der Waals surface area contributed by atoms with Gasteiger partial charge in [-0.15, -0.1) is 0 Å². The Morgan fingerprint density at radius 3 is 2.96 bits per heavy atom. The zero-order valence-electron chi connectivity index (χ0n) is 14.7. The van der Waals surface area contributed by atoms with Gasteiger partial charge in [-0.25, -0.2) is 0 Å². The van der Waals surface area contributed by atoms with E-state index in [0.717, 1.165) is 39.9 Å². The second-order valence-electron chi connectivity index (χ2n) is 6.69. The third-order valence-electron chi connectivity index (χ3n) is 4.85. The van der Waals surface area contributed by atoms with E-state index in [1.54, 1.807) is 4.90 Å². The van der Waals surface area contributed by atoms with E-state index in [-0.39, 0.29) is 11.9 Å². The van der Waals surface area contributed by atoms with Crippen molar-refractivity contribution in [1.82, 2.24) is 20.4 Å². The average molecular weight is 349 g/mol. The number of carbonyl (C=O) groups excluding carboxylic acids is 1. The van der Waals surface area contributed by atoms with Crippen LogP contribution >= 0.6 is 0 Å². The molecule has 1 saturated heterocycles. The monoisotopic (exact) mass is 349 g/mol. The smallest absolute Gasteiger partial charge is 0.268 e. The zero-order valence-corrected chi connectivity index (χ0v) is 14.7. The molecule has 0 radical (unpaired) electrons. The lowest BCUT2D eigenvalue weighted by Gasteiger charge is -2.11. The Bertz CT molecular complexity index is 1010. The Morgan fingerprint density at radius 2 is 2.27 bits per heavy atom. The minimum absolute atomic E-state index is 0.00595. The number of fused-ring (bicyclic) bond motifs is 1. The largest absolute Gasteiger partial charge is 0.361 e. The molecule has 1 aliphatic rings. The number of hydrogen-bond acceptors (Lipinski definition) is 5. The average Bonchev–Trinajstić information content (AvgIpc) is 3.33. The predicted molar refractivity (Wildman–Crippen MR) is 96.3 cm³/mol. The molecule has 4 rings (SSSR count). The molecule has 132 valence electrons. The highest BCUT2D eigenvalue weighted by atomic mass is 16.5. The molecule has 0 spiro atoms. The number of amides is 1. The summed E-state index contributed by atoms with van der Waals surface area (Å²) in [6, 6.07) is 7.85. The van der Waals surface area contributed by atoms with E-state index in [9.17, 15) is 4.79 Å². The summed E-state index contributed by atoms with van der Waals surface area (Å²) in [4.78, 5) is 17.4. The highest BCUT2D eigenvalue weighted by Gasteiger charge is 2.24. The third kappa shape index (κ3) is 2.80. The molecule has 2 aromatic heterocycles. The maximum Gasteiger partial charge on any atom is 0.268 e. The number of aromatic nitrogens is 2. The number of carbonyl (C=O) groups is 1. The summed E-state index contributed by atoms with van der Waals surface area (Å²) < 4.78 is 5.25. The van der Waals surface area contributed by atoms with Gasteiger partial charge in [0.15, 0.2) is 6.19 Å². The van der Waals surface area contributed by atoms with E-state index in [2.05, 4.69) is 21.7 Å². The molecule has 7 nitrogen and oxygen atoms in total. The number of hydrogen-bond donors (Lipinski definition) is 2. The summed E-state index contributed by atoms with van der Waals surface area (Å²) in [5.41, 5.74) is 4.23. The van der Waals surface area contributed by atoms with Gasteiger partial charge >= 0.3 is 0 Å². The van der Waals surface area contributed by atoms with Crippen LogP contribution in [0.3, 0.4) is 0 Å². The molecule has 0 aliphatic carbocycles. The fraction of sp³-hybridized carbons (Fsp3) is 0.316. The van der Waals surface area contributed by atoms with Gasteiger partial charge in [-0.1, -0.05) is 17.3 Å². The quantitative estimate of drug-likeness (QED) is 0.709. The summed E-state index contributed by atoms with van der Waals surface area (Å²) in [6.45, 7) is 5.06. The van der Waals surface area contributed by atoms with Gasteiger partial charge in [0.25, 0.3) is 5.91 Å². The molecule has 0 bridgehead atoms. The fourth-order valence-electron chi connectivity index (χ4n) is 3.53. The Kier molecular flexibility index (Phi) is 3.88. The highest BCUT2D eigenvalue weighted by molar-refractivity contribution is 5.99. The summed E-state index contributed by atoms with van der Waals surface area (Å²) in [5.74, 6) is 0.625. The number of aryl methyl sites for hydroxylation is 2. The first kappa shape index (κ1) is 16.2. The molecule has 7 heteroatoms. The van der Waals surface area contributed by atoms with Crippen molar-refractivity contribution in [2.75, 3.05) is 13.1 Å². The molecule has 3 heterocycles. The van der Waals surface area contributed by atoms with Gasteiger partial charge in [-0.2, -0.15) is 5.26 Å². The number of rotatable bonds is 3. The van der Waals surface area contributed by atoms with Crippen molar-refractivity contribution < 1.29 is 9.32 Å². The van der Waals surface area contributed by atoms with Gasteiger partial charge in [-0.3, -0.25) is 4.79 Å². The minimum Gasteiger partial charge on any atom is -0.361 e. The summed E-state index contributed by atoms with van der Waals surface area (Å²) >= 11 is 0. The Morgan fingerprint density at radius 1 is 1.42 bits per heavy atom. The molecule has 1 atom stereocenters. The Balaban J connectivity index is 1.58. The second kappa shape index (κ2) is 6.23. The van der Waals surface area contributed by atoms with Crippen LogP contribution in [0, 0.1) is 25.3 Å². The van der Waals surface area contributed by atoms with Gasteiger partial charge in [-0.05, 0) is 38.0 Å². The number of nitrogens with one attached hydrogen (secondary N) is 2. The van der Waals surface area contributed by atoms with Crippen LogP contribution in [-0.4, -0.2) is 40.1 Å². The number of H-pyrrole nitrogens is 1. The van der Waals surface area contributed by atoms with Gasteiger partial charge < -0.3 is 19.7 Å². The molecule has 0 saturated carbocycles. The SMILES string of the molecule is Cc1noc(C)c1-c1ccc2cc(C(=O)NC3CCN(C#N)C3)[nH]c2c1. The maximum atomic E-state index is 12.5. The number of likely N-dealkylation sites (tertiary alicyclic amines) is 1. The topological polar surface area (TPSA) is 97.9 Å². The van der Waals surface area contributed by atoms with E-state index in [1.165, 1.54) is 0 Å². The number of nitriles is 1. The molecular formula is C19H19N5O2. The van der Waals surface area contributed by atoms with Crippen LogP contribution in [-0.2, 0) is 0 Å². The standard InChI is InChI=1S/C19H19N5O2/c1-11-18(12(2)26-23-11)14-4-3-13-7-17(22-16(13)8-14)19(25)21-15-5-6-24(9-15)10-20/h3-4,7-8,15,22H,5-6,9H2,1-2H3,(H,21,25). The van der Waals surface area contributed by atoms with Crippen LogP contribution in [0.25, 0.3) is 22.0 Å². The summed E-state index contributed by atoms with van der Waals surface area (Å²) in [7, 11) is 0. The molecule has 1 unspecified atom stereocenters. The first-order valence-corrected chi connectivity index (χ1v) is 8.56. The van der Waals surface area contributed by atoms with Crippen molar-refractivity contribution in [3.05, 3.63) is 41.4 Å². The lowest BCUT2D eigenvalue weighted by molar-refractivity contribution is 0.0934. The zero-order chi connectivity index (χ0) is 18.3. The van der Waals surface area contributed by atoms with E-state index < -0.39 is 0 Å². The third-order valence-corrected chi connectivity index (χ3v) is 4.85. The number of nitrogens with zero attached hydrogens (tertiary/aromatic N) is 3. The van der Waals surface area contributed by atoms with Crippen molar-refractivity contribution >= 4 is 16.8 Å². The first-order chi connectivity index (χ1) is 12.5. The van der Waals surface area contributed by atoms with Crippen LogP contribution in [0.2, 0.25) is 0 Å². The Labute approximate surface area is 150 Å². The Hall–Kier alpha value is -3.27. The lowest BCUT2D eigenvalue weighted by atomic mass is 10.0. The normalized spacial score (nSPS) is 16.8. The van der Waals surface area contributed by atoms with Crippen molar-refractivity contribution in [3.8, 4) is 17.3 Å². The van der Waals surface area contributed by atoms with E-state index in [0.29, 0.717) is 18.8 Å². The number of benzene rings is 1. The van der Waals surface area contributed by atoms with Crippen molar-refractivity contribution in [2.45, 2.75) is 26.3 Å². The van der Waals surface area contributed by atoms with E-state index >= 15 is 0 Å². The van der Waals surface area contributed by atoms with Crippen LogP contribution in [0.4, 0.5) is 0 Å².